The van der Waals surface area contributed by atoms with E-state index in [1.165, 1.54) is 130 Å². The van der Waals surface area contributed by atoms with E-state index < -0.39 is 0 Å². The van der Waals surface area contributed by atoms with E-state index in [1.807, 2.05) is 0 Å². The van der Waals surface area contributed by atoms with Crippen LogP contribution >= 0.6 is 11.3 Å². The van der Waals surface area contributed by atoms with E-state index in [-0.39, 0.29) is 33.8 Å². The zero-order valence-corrected chi connectivity index (χ0v) is 40.5. The topological polar surface area (TPSA) is 6.48 Å². The van der Waals surface area contributed by atoms with Crippen molar-refractivity contribution >= 4 is 78.0 Å². The standard InChI is InChI=1S/C59H63BN2S/c1-36-30-49-52-50(31-36)62(47-21-17-16-20-40(47)37-18-14-13-15-19-37)53-41-32-42-45(59(11,12)29-26-56(42,5)6)35-51(41)63-54(53)60(52)46-33-43-44(58(9,10)28-27-57(43,7)8)34-48(46)61(49)39-24-22-38(23-25-39)55(2,3)4/h13-25,30-35H,26-29H2,1-12H3. The summed E-state index contributed by atoms with van der Waals surface area (Å²) < 4.78 is 2.86. The average molecular weight is 843 g/mol. The third-order valence-corrected chi connectivity index (χ3v) is 17.2. The number of aryl methyl sites for hydroxylation is 1. The van der Waals surface area contributed by atoms with Crippen molar-refractivity contribution in [3.05, 3.63) is 149 Å². The van der Waals surface area contributed by atoms with Crippen LogP contribution < -0.4 is 25.5 Å². The van der Waals surface area contributed by atoms with E-state index in [0.29, 0.717) is 0 Å². The normalized spacial score (nSPS) is 18.6. The zero-order chi connectivity index (χ0) is 44.2. The molecule has 4 heteroatoms. The molecular formula is C59H63BN2S. The summed E-state index contributed by atoms with van der Waals surface area (Å²) in [5.74, 6) is 0. The van der Waals surface area contributed by atoms with Crippen LogP contribution in [-0.2, 0) is 27.1 Å². The Bertz CT molecular complexity index is 3010. The molecule has 6 aromatic carbocycles. The highest BCUT2D eigenvalue weighted by Gasteiger charge is 2.49. The fraction of sp³-hybridized carbons (Fsp3) is 0.356. The third-order valence-electron chi connectivity index (χ3n) is 16.0. The van der Waals surface area contributed by atoms with Crippen LogP contribution in [0.3, 0.4) is 0 Å². The first-order valence-corrected chi connectivity index (χ1v) is 24.4. The number of nitrogens with zero attached hydrogens (tertiary/aromatic N) is 2. The first-order chi connectivity index (χ1) is 29.7. The molecule has 11 rings (SSSR count). The van der Waals surface area contributed by atoms with Gasteiger partial charge in [0.2, 0.25) is 0 Å². The maximum atomic E-state index is 2.70. The fourth-order valence-electron chi connectivity index (χ4n) is 11.9. The Balaban J connectivity index is 1.29. The third kappa shape index (κ3) is 6.10. The lowest BCUT2D eigenvalue weighted by Crippen LogP contribution is -2.61. The van der Waals surface area contributed by atoms with Gasteiger partial charge in [-0.25, -0.2) is 0 Å². The van der Waals surface area contributed by atoms with Crippen molar-refractivity contribution in [3.63, 3.8) is 0 Å². The molecular weight excluding hydrogens is 780 g/mol. The molecule has 2 aliphatic carbocycles. The smallest absolute Gasteiger partial charge is 0.264 e. The number of hydrogen-bond donors (Lipinski definition) is 0. The van der Waals surface area contributed by atoms with Crippen LogP contribution in [0.1, 0.15) is 135 Å². The second-order valence-corrected chi connectivity index (χ2v) is 24.3. The fourth-order valence-corrected chi connectivity index (χ4v) is 13.2. The van der Waals surface area contributed by atoms with Crippen molar-refractivity contribution < 1.29 is 0 Å². The van der Waals surface area contributed by atoms with Gasteiger partial charge in [0.05, 0.1) is 11.4 Å². The summed E-state index contributed by atoms with van der Waals surface area (Å²) in [6.45, 7) is 29.2. The lowest BCUT2D eigenvalue weighted by molar-refractivity contribution is 0.332. The molecule has 2 nitrogen and oxygen atoms in total. The highest BCUT2D eigenvalue weighted by molar-refractivity contribution is 7.33. The van der Waals surface area contributed by atoms with E-state index in [2.05, 4.69) is 219 Å². The molecule has 63 heavy (non-hydrogen) atoms. The molecule has 1 aromatic heterocycles. The highest BCUT2D eigenvalue weighted by Crippen LogP contribution is 2.55. The maximum Gasteiger partial charge on any atom is 0.264 e. The molecule has 0 atom stereocenters. The number of benzene rings is 6. The predicted molar refractivity (Wildman–Crippen MR) is 275 cm³/mol. The molecule has 0 bridgehead atoms. The summed E-state index contributed by atoms with van der Waals surface area (Å²) in [5.41, 5.74) is 22.2. The first-order valence-electron chi connectivity index (χ1n) is 23.6. The van der Waals surface area contributed by atoms with Crippen molar-refractivity contribution in [1.82, 2.24) is 0 Å². The quantitative estimate of drug-likeness (QED) is 0.164. The largest absolute Gasteiger partial charge is 0.311 e. The Morgan fingerprint density at radius 1 is 0.540 bits per heavy atom. The number of fused-ring (bicyclic) bond motifs is 8. The Kier molecular flexibility index (Phi) is 8.72. The molecule has 0 N–H and O–H groups in total. The monoisotopic (exact) mass is 842 g/mol. The van der Waals surface area contributed by atoms with E-state index in [9.17, 15) is 0 Å². The molecule has 0 saturated heterocycles. The highest BCUT2D eigenvalue weighted by atomic mass is 32.1. The van der Waals surface area contributed by atoms with Gasteiger partial charge in [-0.3, -0.25) is 0 Å². The first kappa shape index (κ1) is 40.7. The Morgan fingerprint density at radius 3 is 1.70 bits per heavy atom. The summed E-state index contributed by atoms with van der Waals surface area (Å²) in [4.78, 5) is 5.34. The molecule has 2 aliphatic heterocycles. The number of anilines is 6. The Labute approximate surface area is 381 Å². The van der Waals surface area contributed by atoms with Gasteiger partial charge < -0.3 is 9.80 Å². The van der Waals surface area contributed by atoms with Crippen LogP contribution in [0.5, 0.6) is 0 Å². The summed E-state index contributed by atoms with van der Waals surface area (Å²) in [6, 6.07) is 45.3. The van der Waals surface area contributed by atoms with Crippen LogP contribution in [0.15, 0.2) is 115 Å². The average Bonchev–Trinajstić information content (AvgIpc) is 3.61. The number of rotatable bonds is 3. The van der Waals surface area contributed by atoms with Crippen LogP contribution in [0.2, 0.25) is 0 Å². The van der Waals surface area contributed by atoms with Gasteiger partial charge in [-0.05, 0) is 158 Å². The van der Waals surface area contributed by atoms with Crippen molar-refractivity contribution in [1.29, 1.82) is 0 Å². The summed E-state index contributed by atoms with van der Waals surface area (Å²) in [5, 5.41) is 1.39. The van der Waals surface area contributed by atoms with Gasteiger partial charge in [-0.2, -0.15) is 0 Å². The lowest BCUT2D eigenvalue weighted by Gasteiger charge is -2.47. The van der Waals surface area contributed by atoms with E-state index in [0.717, 1.165) is 0 Å². The van der Waals surface area contributed by atoms with Crippen LogP contribution in [0.25, 0.3) is 21.2 Å². The van der Waals surface area contributed by atoms with Crippen molar-refractivity contribution in [2.24, 2.45) is 0 Å². The van der Waals surface area contributed by atoms with Crippen molar-refractivity contribution in [3.8, 4) is 11.1 Å². The molecule has 318 valence electrons. The molecule has 0 amide bonds. The second-order valence-electron chi connectivity index (χ2n) is 23.2. The molecule has 0 unspecified atom stereocenters. The molecule has 0 saturated carbocycles. The SMILES string of the molecule is Cc1cc2c3c(c1)N(c1ccccc1-c1ccccc1)c1c(sc4cc5c(cc14)C(C)(C)CCC5(C)C)B3c1cc3c(cc1N2c1ccc(C(C)(C)C)cc1)C(C)(C)CCC3(C)C. The molecule has 0 fully saturated rings. The van der Waals surface area contributed by atoms with Gasteiger partial charge in [-0.15, -0.1) is 11.3 Å². The second kappa shape index (κ2) is 13.5. The van der Waals surface area contributed by atoms with Gasteiger partial charge in [0, 0.05) is 43.2 Å². The van der Waals surface area contributed by atoms with Gasteiger partial charge in [0.15, 0.2) is 0 Å². The molecule has 0 spiro atoms. The minimum atomic E-state index is 0.0640. The van der Waals surface area contributed by atoms with Crippen molar-refractivity contribution in [2.45, 2.75) is 136 Å². The van der Waals surface area contributed by atoms with Gasteiger partial charge >= 0.3 is 0 Å². The maximum absolute atomic E-state index is 2.70. The molecule has 0 radical (unpaired) electrons. The Morgan fingerprint density at radius 2 is 1.08 bits per heavy atom. The number of para-hydroxylation sites is 1. The van der Waals surface area contributed by atoms with Gasteiger partial charge in [0.25, 0.3) is 6.71 Å². The summed E-state index contributed by atoms with van der Waals surface area (Å²) >= 11 is 2.06. The molecule has 3 heterocycles. The lowest BCUT2D eigenvalue weighted by atomic mass is 9.35. The van der Waals surface area contributed by atoms with Gasteiger partial charge in [0.1, 0.15) is 0 Å². The molecule has 4 aliphatic rings. The number of hydrogen-bond acceptors (Lipinski definition) is 3. The Hall–Kier alpha value is -5.06. The number of thiophene rings is 1. The van der Waals surface area contributed by atoms with Crippen LogP contribution in [0.4, 0.5) is 34.1 Å². The van der Waals surface area contributed by atoms with E-state index >= 15 is 0 Å². The van der Waals surface area contributed by atoms with Crippen LogP contribution in [-0.4, -0.2) is 6.71 Å². The summed E-state index contributed by atoms with van der Waals surface area (Å²) in [7, 11) is 0. The van der Waals surface area contributed by atoms with Gasteiger partial charge in [-0.1, -0.05) is 143 Å². The minimum absolute atomic E-state index is 0.0640. The molecule has 7 aromatic rings. The van der Waals surface area contributed by atoms with E-state index in [1.54, 1.807) is 0 Å². The predicted octanol–water partition coefficient (Wildman–Crippen LogP) is 15.0. The summed E-state index contributed by atoms with van der Waals surface area (Å²) in [6.07, 6.45) is 4.76. The zero-order valence-electron chi connectivity index (χ0n) is 39.7. The minimum Gasteiger partial charge on any atom is -0.311 e. The van der Waals surface area contributed by atoms with E-state index in [4.69, 9.17) is 0 Å². The van der Waals surface area contributed by atoms with Crippen molar-refractivity contribution in [2.75, 3.05) is 9.80 Å². The van der Waals surface area contributed by atoms with Crippen LogP contribution in [0, 0.1) is 6.92 Å².